The van der Waals surface area contributed by atoms with Crippen molar-refractivity contribution in [2.75, 3.05) is 73.3 Å². The number of nitrogens with zero attached hydrogens (tertiary/aromatic N) is 3. The van der Waals surface area contributed by atoms with Crippen molar-refractivity contribution in [3.05, 3.63) is 0 Å². The van der Waals surface area contributed by atoms with Crippen LogP contribution in [0.1, 0.15) is 33.1 Å². The van der Waals surface area contributed by atoms with Gasteiger partial charge >= 0.3 is 0 Å². The first-order valence-corrected chi connectivity index (χ1v) is 10.5. The average Bonchev–Trinajstić information content (AvgIpc) is 2.70. The van der Waals surface area contributed by atoms with Crippen molar-refractivity contribution in [1.29, 1.82) is 0 Å². The van der Waals surface area contributed by atoms with Gasteiger partial charge in [0.25, 0.3) is 0 Å². The largest absolute Gasteiger partial charge is 0.385 e. The number of rotatable bonds is 9. The molecular formula is C20H41IN4O3. The van der Waals surface area contributed by atoms with Gasteiger partial charge < -0.3 is 24.4 Å². The van der Waals surface area contributed by atoms with Gasteiger partial charge in [0, 0.05) is 66.1 Å². The second kappa shape index (κ2) is 14.8. The van der Waals surface area contributed by atoms with Crippen molar-refractivity contribution in [1.82, 2.24) is 15.1 Å². The number of morpholine rings is 1. The van der Waals surface area contributed by atoms with E-state index in [1.54, 1.807) is 7.11 Å². The van der Waals surface area contributed by atoms with Crippen LogP contribution in [0.15, 0.2) is 4.99 Å². The van der Waals surface area contributed by atoms with Gasteiger partial charge in [0.1, 0.15) is 0 Å². The van der Waals surface area contributed by atoms with Crippen LogP contribution in [0.3, 0.4) is 0 Å². The molecule has 0 spiro atoms. The fraction of sp³-hybridized carbons (Fsp3) is 0.950. The predicted molar refractivity (Wildman–Crippen MR) is 125 cm³/mol. The van der Waals surface area contributed by atoms with Crippen LogP contribution in [0.4, 0.5) is 0 Å². The summed E-state index contributed by atoms with van der Waals surface area (Å²) in [5.41, 5.74) is 0. The monoisotopic (exact) mass is 512 g/mol. The standard InChI is InChI=1S/C20H40N4O3.HI/c1-17(2)19(23-10-14-26-15-11-23)16-22-20(21-3)24-8-6-18(7-9-24)27-13-5-12-25-4;/h17-19H,5-16H2,1-4H3,(H,21,22);1H. The average molecular weight is 512 g/mol. The highest BCUT2D eigenvalue weighted by molar-refractivity contribution is 14.0. The summed E-state index contributed by atoms with van der Waals surface area (Å²) in [5.74, 6) is 1.62. The second-order valence-corrected chi connectivity index (χ2v) is 7.79. The van der Waals surface area contributed by atoms with E-state index >= 15 is 0 Å². The number of methoxy groups -OCH3 is 1. The Morgan fingerprint density at radius 3 is 2.39 bits per heavy atom. The molecule has 2 saturated heterocycles. The number of aliphatic imine (C=N–C) groups is 1. The van der Waals surface area contributed by atoms with Crippen LogP contribution in [-0.4, -0.2) is 101 Å². The summed E-state index contributed by atoms with van der Waals surface area (Å²) in [6.07, 6.45) is 3.46. The van der Waals surface area contributed by atoms with E-state index in [9.17, 15) is 0 Å². The van der Waals surface area contributed by atoms with Gasteiger partial charge in [0.2, 0.25) is 0 Å². The topological polar surface area (TPSA) is 58.6 Å². The van der Waals surface area contributed by atoms with Crippen LogP contribution < -0.4 is 5.32 Å². The molecule has 0 aromatic rings. The maximum absolute atomic E-state index is 5.97. The summed E-state index contributed by atoms with van der Waals surface area (Å²) in [4.78, 5) is 9.45. The third kappa shape index (κ3) is 8.69. The number of hydrogen-bond acceptors (Lipinski definition) is 5. The Morgan fingerprint density at radius 2 is 1.82 bits per heavy atom. The smallest absolute Gasteiger partial charge is 0.193 e. The lowest BCUT2D eigenvalue weighted by atomic mass is 10.0. The zero-order chi connectivity index (χ0) is 19.5. The van der Waals surface area contributed by atoms with Gasteiger partial charge in [-0.3, -0.25) is 9.89 Å². The third-order valence-electron chi connectivity index (χ3n) is 5.55. The minimum absolute atomic E-state index is 0. The molecular weight excluding hydrogens is 471 g/mol. The number of piperidine rings is 1. The maximum Gasteiger partial charge on any atom is 0.193 e. The van der Waals surface area contributed by atoms with Gasteiger partial charge in [-0.15, -0.1) is 24.0 Å². The van der Waals surface area contributed by atoms with Crippen molar-refractivity contribution < 1.29 is 14.2 Å². The molecule has 0 aromatic carbocycles. The normalized spacial score (nSPS) is 20.9. The van der Waals surface area contributed by atoms with Gasteiger partial charge in [0.05, 0.1) is 19.3 Å². The molecule has 2 rings (SSSR count). The lowest BCUT2D eigenvalue weighted by Crippen LogP contribution is -2.54. The highest BCUT2D eigenvalue weighted by atomic mass is 127. The summed E-state index contributed by atoms with van der Waals surface area (Å²) in [5, 5.41) is 3.63. The minimum Gasteiger partial charge on any atom is -0.385 e. The van der Waals surface area contributed by atoms with E-state index in [0.29, 0.717) is 18.1 Å². The van der Waals surface area contributed by atoms with E-state index < -0.39 is 0 Å². The Kier molecular flexibility index (Phi) is 13.6. The molecule has 8 heteroatoms. The molecule has 0 aromatic heterocycles. The first-order valence-electron chi connectivity index (χ1n) is 10.5. The molecule has 0 saturated carbocycles. The Hall–Kier alpha value is -0.160. The van der Waals surface area contributed by atoms with E-state index in [1.165, 1.54) is 0 Å². The zero-order valence-electron chi connectivity index (χ0n) is 18.2. The number of ether oxygens (including phenoxy) is 3. The molecule has 0 aliphatic carbocycles. The quantitative estimate of drug-likeness (QED) is 0.221. The van der Waals surface area contributed by atoms with Crippen LogP contribution in [0.25, 0.3) is 0 Å². The van der Waals surface area contributed by atoms with Gasteiger partial charge in [-0.2, -0.15) is 0 Å². The lowest BCUT2D eigenvalue weighted by molar-refractivity contribution is 0.00599. The second-order valence-electron chi connectivity index (χ2n) is 7.79. The Morgan fingerprint density at radius 1 is 1.14 bits per heavy atom. The summed E-state index contributed by atoms with van der Waals surface area (Å²) < 4.78 is 16.6. The molecule has 7 nitrogen and oxygen atoms in total. The van der Waals surface area contributed by atoms with Gasteiger partial charge in [0.15, 0.2) is 5.96 Å². The molecule has 0 amide bonds. The van der Waals surface area contributed by atoms with E-state index in [1.807, 2.05) is 7.05 Å². The Balaban J connectivity index is 0.00000392. The Labute approximate surface area is 188 Å². The van der Waals surface area contributed by atoms with E-state index in [4.69, 9.17) is 14.2 Å². The van der Waals surface area contributed by atoms with Crippen molar-refractivity contribution >= 4 is 29.9 Å². The molecule has 2 fully saturated rings. The predicted octanol–water partition coefficient (Wildman–Crippen LogP) is 2.05. The number of nitrogens with one attached hydrogen (secondary N) is 1. The van der Waals surface area contributed by atoms with Crippen molar-refractivity contribution in [3.63, 3.8) is 0 Å². The number of halogens is 1. The molecule has 2 aliphatic heterocycles. The van der Waals surface area contributed by atoms with Crippen molar-refractivity contribution in [2.24, 2.45) is 10.9 Å². The SMILES string of the molecule is CN=C(NCC(C(C)C)N1CCOCC1)N1CCC(OCCCOC)CC1.I. The van der Waals surface area contributed by atoms with E-state index in [2.05, 4.69) is 34.0 Å². The van der Waals surface area contributed by atoms with Crippen molar-refractivity contribution in [3.8, 4) is 0 Å². The summed E-state index contributed by atoms with van der Waals surface area (Å²) in [7, 11) is 3.62. The summed E-state index contributed by atoms with van der Waals surface area (Å²) in [6, 6.07) is 0.507. The molecule has 28 heavy (non-hydrogen) atoms. The van der Waals surface area contributed by atoms with Crippen LogP contribution in [0.5, 0.6) is 0 Å². The molecule has 1 atom stereocenters. The van der Waals surface area contributed by atoms with Crippen molar-refractivity contribution in [2.45, 2.75) is 45.3 Å². The minimum atomic E-state index is 0. The van der Waals surface area contributed by atoms with Gasteiger partial charge in [-0.1, -0.05) is 13.8 Å². The van der Waals surface area contributed by atoms with Crippen LogP contribution in [0, 0.1) is 5.92 Å². The van der Waals surface area contributed by atoms with Crippen LogP contribution in [0.2, 0.25) is 0 Å². The summed E-state index contributed by atoms with van der Waals surface area (Å²) in [6.45, 7) is 12.8. The van der Waals surface area contributed by atoms with E-state index in [0.717, 1.165) is 84.4 Å². The molecule has 0 bridgehead atoms. The first kappa shape index (κ1) is 25.9. The lowest BCUT2D eigenvalue weighted by Gasteiger charge is -2.39. The summed E-state index contributed by atoms with van der Waals surface area (Å²) >= 11 is 0. The van der Waals surface area contributed by atoms with Crippen LogP contribution in [-0.2, 0) is 14.2 Å². The highest BCUT2D eigenvalue weighted by Gasteiger charge is 2.26. The number of guanidine groups is 1. The molecule has 0 radical (unpaired) electrons. The Bertz CT molecular complexity index is 426. The first-order chi connectivity index (χ1) is 13.2. The number of likely N-dealkylation sites (tertiary alicyclic amines) is 1. The fourth-order valence-electron chi connectivity index (χ4n) is 3.91. The molecule has 166 valence electrons. The van der Waals surface area contributed by atoms with Crippen LogP contribution >= 0.6 is 24.0 Å². The maximum atomic E-state index is 5.97. The fourth-order valence-corrected chi connectivity index (χ4v) is 3.91. The zero-order valence-corrected chi connectivity index (χ0v) is 20.5. The highest BCUT2D eigenvalue weighted by Crippen LogP contribution is 2.15. The molecule has 1 unspecified atom stereocenters. The van der Waals surface area contributed by atoms with Gasteiger partial charge in [-0.05, 0) is 25.2 Å². The molecule has 1 N–H and O–H groups in total. The van der Waals surface area contributed by atoms with E-state index in [-0.39, 0.29) is 24.0 Å². The number of hydrogen-bond donors (Lipinski definition) is 1. The third-order valence-corrected chi connectivity index (χ3v) is 5.55. The molecule has 2 aliphatic rings. The van der Waals surface area contributed by atoms with Gasteiger partial charge in [-0.25, -0.2) is 0 Å². The molecule has 2 heterocycles.